The molecule has 2 aromatic rings. The number of hydrogen-bond donors (Lipinski definition) is 2. The standard InChI is InChI=1S/C13H16ClN3S/c14-10-3-4-11-13(16-8-18-11)12(10)17-9-2-1-6-15-7-5-9/h3-4,8-9,15,17H,1-2,5-7H2. The largest absolute Gasteiger partial charge is 0.379 e. The van der Waals surface area contributed by atoms with Crippen LogP contribution < -0.4 is 10.6 Å². The number of aromatic nitrogens is 1. The van der Waals surface area contributed by atoms with Crippen LogP contribution in [0.4, 0.5) is 5.69 Å². The highest BCUT2D eigenvalue weighted by atomic mass is 35.5. The highest BCUT2D eigenvalue weighted by Crippen LogP contribution is 2.33. The van der Waals surface area contributed by atoms with Crippen LogP contribution in [-0.4, -0.2) is 24.1 Å². The van der Waals surface area contributed by atoms with Gasteiger partial charge in [-0.3, -0.25) is 0 Å². The van der Waals surface area contributed by atoms with Crippen LogP contribution in [0.3, 0.4) is 0 Å². The number of fused-ring (bicyclic) bond motifs is 1. The molecule has 2 heterocycles. The van der Waals surface area contributed by atoms with Crippen molar-refractivity contribution in [3.63, 3.8) is 0 Å². The Morgan fingerprint density at radius 1 is 1.33 bits per heavy atom. The second kappa shape index (κ2) is 5.43. The van der Waals surface area contributed by atoms with Crippen molar-refractivity contribution in [1.29, 1.82) is 0 Å². The number of hydrogen-bond acceptors (Lipinski definition) is 4. The Hall–Kier alpha value is -0.840. The molecule has 0 spiro atoms. The molecular weight excluding hydrogens is 266 g/mol. The van der Waals surface area contributed by atoms with Crippen molar-refractivity contribution in [3.05, 3.63) is 22.7 Å². The molecule has 1 aliphatic rings. The van der Waals surface area contributed by atoms with Crippen molar-refractivity contribution in [2.24, 2.45) is 0 Å². The maximum absolute atomic E-state index is 6.31. The molecular formula is C13H16ClN3S. The summed E-state index contributed by atoms with van der Waals surface area (Å²) in [6, 6.07) is 4.49. The van der Waals surface area contributed by atoms with Gasteiger partial charge in [-0.2, -0.15) is 0 Å². The molecule has 0 radical (unpaired) electrons. The van der Waals surface area contributed by atoms with E-state index in [0.717, 1.165) is 35.7 Å². The van der Waals surface area contributed by atoms with Crippen LogP contribution in [0, 0.1) is 0 Å². The summed E-state index contributed by atoms with van der Waals surface area (Å²) in [5.41, 5.74) is 3.88. The van der Waals surface area contributed by atoms with E-state index in [1.54, 1.807) is 11.3 Å². The minimum atomic E-state index is 0.491. The fourth-order valence-corrected chi connectivity index (χ4v) is 3.30. The first-order valence-electron chi connectivity index (χ1n) is 6.33. The first kappa shape index (κ1) is 12.2. The van der Waals surface area contributed by atoms with Gasteiger partial charge in [-0.1, -0.05) is 11.6 Å². The molecule has 18 heavy (non-hydrogen) atoms. The summed E-state index contributed by atoms with van der Waals surface area (Å²) < 4.78 is 1.19. The molecule has 1 aromatic heterocycles. The lowest BCUT2D eigenvalue weighted by atomic mass is 10.1. The molecule has 1 aliphatic heterocycles. The zero-order valence-corrected chi connectivity index (χ0v) is 11.7. The summed E-state index contributed by atoms with van der Waals surface area (Å²) in [6.07, 6.45) is 3.53. The number of nitrogens with zero attached hydrogens (tertiary/aromatic N) is 1. The van der Waals surface area contributed by atoms with Crippen molar-refractivity contribution < 1.29 is 0 Å². The molecule has 1 aromatic carbocycles. The van der Waals surface area contributed by atoms with E-state index < -0.39 is 0 Å². The number of anilines is 1. The Morgan fingerprint density at radius 3 is 3.22 bits per heavy atom. The number of nitrogens with one attached hydrogen (secondary N) is 2. The topological polar surface area (TPSA) is 37.0 Å². The summed E-state index contributed by atoms with van der Waals surface area (Å²) >= 11 is 7.96. The van der Waals surface area contributed by atoms with E-state index in [1.807, 2.05) is 17.6 Å². The smallest absolute Gasteiger partial charge is 0.106 e. The Balaban J connectivity index is 1.88. The summed E-state index contributed by atoms with van der Waals surface area (Å²) in [4.78, 5) is 4.42. The Labute approximate surface area is 116 Å². The monoisotopic (exact) mass is 281 g/mol. The van der Waals surface area contributed by atoms with Crippen LogP contribution in [0.5, 0.6) is 0 Å². The lowest BCUT2D eigenvalue weighted by Gasteiger charge is -2.18. The quantitative estimate of drug-likeness (QED) is 0.885. The van der Waals surface area contributed by atoms with Crippen molar-refractivity contribution in [1.82, 2.24) is 10.3 Å². The average Bonchev–Trinajstić information content (AvgIpc) is 2.70. The number of benzene rings is 1. The van der Waals surface area contributed by atoms with Crippen LogP contribution >= 0.6 is 22.9 Å². The fraction of sp³-hybridized carbons (Fsp3) is 0.462. The van der Waals surface area contributed by atoms with Gasteiger partial charge in [0.15, 0.2) is 0 Å². The number of halogens is 1. The molecule has 1 unspecified atom stereocenters. The maximum atomic E-state index is 6.31. The third kappa shape index (κ3) is 2.46. The van der Waals surface area contributed by atoms with E-state index in [9.17, 15) is 0 Å². The van der Waals surface area contributed by atoms with Crippen LogP contribution in [0.15, 0.2) is 17.6 Å². The van der Waals surface area contributed by atoms with Gasteiger partial charge in [-0.05, 0) is 44.5 Å². The van der Waals surface area contributed by atoms with Crippen molar-refractivity contribution in [2.75, 3.05) is 18.4 Å². The minimum Gasteiger partial charge on any atom is -0.379 e. The predicted molar refractivity (Wildman–Crippen MR) is 78.8 cm³/mol. The molecule has 5 heteroatoms. The van der Waals surface area contributed by atoms with Crippen LogP contribution in [-0.2, 0) is 0 Å². The van der Waals surface area contributed by atoms with E-state index in [2.05, 4.69) is 15.6 Å². The second-order valence-corrected chi connectivity index (χ2v) is 5.94. The Bertz CT molecular complexity index is 532. The first-order valence-corrected chi connectivity index (χ1v) is 7.59. The molecule has 3 nitrogen and oxygen atoms in total. The van der Waals surface area contributed by atoms with Gasteiger partial charge in [-0.25, -0.2) is 4.98 Å². The summed E-state index contributed by atoms with van der Waals surface area (Å²) in [6.45, 7) is 2.19. The summed E-state index contributed by atoms with van der Waals surface area (Å²) in [5.74, 6) is 0. The van der Waals surface area contributed by atoms with E-state index >= 15 is 0 Å². The molecule has 0 saturated carbocycles. The van der Waals surface area contributed by atoms with Gasteiger partial charge < -0.3 is 10.6 Å². The van der Waals surface area contributed by atoms with E-state index in [4.69, 9.17) is 11.6 Å². The molecule has 1 saturated heterocycles. The molecule has 0 bridgehead atoms. The zero-order chi connectivity index (χ0) is 12.4. The van der Waals surface area contributed by atoms with Gasteiger partial charge in [0.05, 0.1) is 20.9 Å². The van der Waals surface area contributed by atoms with E-state index in [-0.39, 0.29) is 0 Å². The summed E-state index contributed by atoms with van der Waals surface area (Å²) in [5, 5.41) is 7.78. The molecule has 0 aliphatic carbocycles. The Kier molecular flexibility index (Phi) is 3.68. The van der Waals surface area contributed by atoms with Gasteiger partial charge in [0.2, 0.25) is 0 Å². The molecule has 1 fully saturated rings. The van der Waals surface area contributed by atoms with E-state index in [1.165, 1.54) is 17.5 Å². The van der Waals surface area contributed by atoms with Crippen molar-refractivity contribution in [3.8, 4) is 0 Å². The SMILES string of the molecule is Clc1ccc2scnc2c1NC1CCCNCC1. The van der Waals surface area contributed by atoms with Gasteiger partial charge in [-0.15, -0.1) is 11.3 Å². The van der Waals surface area contributed by atoms with Gasteiger partial charge in [0, 0.05) is 6.04 Å². The predicted octanol–water partition coefficient (Wildman–Crippen LogP) is 3.50. The highest BCUT2D eigenvalue weighted by molar-refractivity contribution is 7.16. The van der Waals surface area contributed by atoms with Crippen molar-refractivity contribution >= 4 is 38.8 Å². The minimum absolute atomic E-state index is 0.491. The lowest BCUT2D eigenvalue weighted by molar-refractivity contribution is 0.638. The highest BCUT2D eigenvalue weighted by Gasteiger charge is 2.15. The zero-order valence-electron chi connectivity index (χ0n) is 10.1. The van der Waals surface area contributed by atoms with Crippen LogP contribution in [0.2, 0.25) is 5.02 Å². The van der Waals surface area contributed by atoms with Gasteiger partial charge >= 0.3 is 0 Å². The molecule has 3 rings (SSSR count). The average molecular weight is 282 g/mol. The van der Waals surface area contributed by atoms with E-state index in [0.29, 0.717) is 6.04 Å². The Morgan fingerprint density at radius 2 is 2.28 bits per heavy atom. The van der Waals surface area contributed by atoms with Crippen LogP contribution in [0.25, 0.3) is 10.2 Å². The number of rotatable bonds is 2. The van der Waals surface area contributed by atoms with Crippen LogP contribution in [0.1, 0.15) is 19.3 Å². The van der Waals surface area contributed by atoms with Gasteiger partial charge in [0.1, 0.15) is 5.52 Å². The molecule has 96 valence electrons. The van der Waals surface area contributed by atoms with Crippen molar-refractivity contribution in [2.45, 2.75) is 25.3 Å². The maximum Gasteiger partial charge on any atom is 0.106 e. The third-order valence-electron chi connectivity index (χ3n) is 3.38. The molecule has 2 N–H and O–H groups in total. The number of thiazole rings is 1. The lowest BCUT2D eigenvalue weighted by Crippen LogP contribution is -2.21. The first-order chi connectivity index (χ1) is 8.84. The normalized spacial score (nSPS) is 20.8. The summed E-state index contributed by atoms with van der Waals surface area (Å²) in [7, 11) is 0. The third-order valence-corrected chi connectivity index (χ3v) is 4.48. The fourth-order valence-electron chi connectivity index (χ4n) is 2.41. The van der Waals surface area contributed by atoms with Gasteiger partial charge in [0.25, 0.3) is 0 Å². The second-order valence-electron chi connectivity index (χ2n) is 4.64. The molecule has 0 amide bonds. The molecule has 1 atom stereocenters.